The summed E-state index contributed by atoms with van der Waals surface area (Å²) in [4.78, 5) is 2.64. The van der Waals surface area contributed by atoms with Crippen LogP contribution in [0.15, 0.2) is 12.1 Å². The second-order valence-electron chi connectivity index (χ2n) is 12.8. The first-order valence-electron chi connectivity index (χ1n) is 16.3. The van der Waals surface area contributed by atoms with Crippen molar-refractivity contribution in [3.63, 3.8) is 0 Å². The van der Waals surface area contributed by atoms with Crippen LogP contribution in [0.3, 0.4) is 0 Å². The third-order valence-corrected chi connectivity index (χ3v) is 10.5. The molecule has 8 heteroatoms. The number of hydrogen-bond donors (Lipinski definition) is 1. The summed E-state index contributed by atoms with van der Waals surface area (Å²) in [5, 5.41) is 12.7. The maximum atomic E-state index is 12.7. The molecule has 1 saturated heterocycles. The van der Waals surface area contributed by atoms with Crippen molar-refractivity contribution in [1.82, 2.24) is 4.90 Å². The van der Waals surface area contributed by atoms with Crippen LogP contribution < -0.4 is 4.74 Å². The maximum Gasteiger partial charge on any atom is 0.137 e. The van der Waals surface area contributed by atoms with Crippen LogP contribution in [-0.2, 0) is 35.5 Å². The minimum absolute atomic E-state index is 0.0508. The van der Waals surface area contributed by atoms with Gasteiger partial charge in [0.1, 0.15) is 11.9 Å². The van der Waals surface area contributed by atoms with Crippen molar-refractivity contribution >= 4 is 0 Å². The minimum Gasteiger partial charge on any atom is -0.486 e. The Balaban J connectivity index is 1.00. The fraction of sp³-hybridized carbons (Fsp3) is 0.818. The van der Waals surface area contributed by atoms with Crippen molar-refractivity contribution < 1.29 is 33.5 Å². The van der Waals surface area contributed by atoms with Crippen molar-refractivity contribution in [2.45, 2.75) is 94.5 Å². The zero-order valence-corrected chi connectivity index (χ0v) is 25.2. The van der Waals surface area contributed by atoms with E-state index in [4.69, 9.17) is 28.4 Å². The topological polar surface area (TPSA) is 78.9 Å². The summed E-state index contributed by atoms with van der Waals surface area (Å²) < 4.78 is 35.6. The summed E-state index contributed by atoms with van der Waals surface area (Å²) in [6, 6.07) is 4.67. The third kappa shape index (κ3) is 5.59. The highest BCUT2D eigenvalue weighted by Gasteiger charge is 2.73. The van der Waals surface area contributed by atoms with Gasteiger partial charge in [-0.3, -0.25) is 4.90 Å². The van der Waals surface area contributed by atoms with Crippen LogP contribution in [0.25, 0.3) is 0 Å². The van der Waals surface area contributed by atoms with Gasteiger partial charge >= 0.3 is 0 Å². The number of nitrogens with zero attached hydrogens (tertiary/aromatic N) is 1. The van der Waals surface area contributed by atoms with Gasteiger partial charge in [0.2, 0.25) is 0 Å². The number of rotatable bonds is 17. The van der Waals surface area contributed by atoms with Crippen LogP contribution in [0.4, 0.5) is 0 Å². The van der Waals surface area contributed by atoms with E-state index in [1.807, 2.05) is 0 Å². The molecule has 3 fully saturated rings. The predicted octanol–water partition coefficient (Wildman–Crippen LogP) is 3.81. The van der Waals surface area contributed by atoms with Crippen LogP contribution >= 0.6 is 0 Å². The minimum atomic E-state index is -0.772. The quantitative estimate of drug-likeness (QED) is 0.282. The number of ether oxygens (including phenoxy) is 6. The Kier molecular flexibility index (Phi) is 9.57. The van der Waals surface area contributed by atoms with Crippen molar-refractivity contribution in [2.75, 3.05) is 72.6 Å². The summed E-state index contributed by atoms with van der Waals surface area (Å²) in [6.45, 7) is 11.6. The number of benzene rings is 1. The van der Waals surface area contributed by atoms with Gasteiger partial charge in [-0.15, -0.1) is 0 Å². The van der Waals surface area contributed by atoms with Gasteiger partial charge in [0.05, 0.1) is 70.0 Å². The van der Waals surface area contributed by atoms with E-state index in [1.54, 1.807) is 0 Å². The average Bonchev–Trinajstić information content (AvgIpc) is 3.30. The number of aryl methyl sites for hydroxylation is 1. The molecule has 0 radical (unpaired) electrons. The Morgan fingerprint density at radius 3 is 2.24 bits per heavy atom. The summed E-state index contributed by atoms with van der Waals surface area (Å²) in [7, 11) is 0. The molecular formula is C33H51NO7. The summed E-state index contributed by atoms with van der Waals surface area (Å²) in [6.07, 6.45) is 8.29. The number of piperidine rings is 1. The van der Waals surface area contributed by atoms with Gasteiger partial charge in [-0.05, 0) is 75.5 Å². The first-order valence-corrected chi connectivity index (χ1v) is 16.3. The van der Waals surface area contributed by atoms with E-state index in [0.29, 0.717) is 52.9 Å². The first-order chi connectivity index (χ1) is 20.1. The van der Waals surface area contributed by atoms with E-state index in [0.717, 1.165) is 63.5 Å². The van der Waals surface area contributed by atoms with Crippen LogP contribution in [0.5, 0.6) is 5.75 Å². The number of aliphatic hydroxyl groups is 1. The predicted molar refractivity (Wildman–Crippen MR) is 156 cm³/mol. The molecule has 2 heterocycles. The molecule has 0 amide bonds. The van der Waals surface area contributed by atoms with Crippen LogP contribution in [0.2, 0.25) is 0 Å². The molecule has 8 nitrogen and oxygen atoms in total. The van der Waals surface area contributed by atoms with Gasteiger partial charge in [-0.1, -0.05) is 25.5 Å². The Bertz CT molecular complexity index is 1020. The number of likely N-dealkylation sites (tertiary alicyclic amines) is 1. The third-order valence-electron chi connectivity index (χ3n) is 10.5. The molecule has 230 valence electrons. The SMILES string of the molecule is CCCOCCOCCOCCOCCOC1CC[C@@]2(O)[C@H]3Cc4ccc(C)c5c4[C@@]2(CCN3CC2CCC2)C1O5. The Morgan fingerprint density at radius 1 is 0.902 bits per heavy atom. The molecule has 5 aliphatic rings. The fourth-order valence-corrected chi connectivity index (χ4v) is 8.29. The van der Waals surface area contributed by atoms with E-state index in [9.17, 15) is 5.11 Å². The molecule has 2 saturated carbocycles. The average molecular weight is 574 g/mol. The lowest BCUT2D eigenvalue weighted by molar-refractivity contribution is -0.218. The van der Waals surface area contributed by atoms with Crippen LogP contribution in [-0.4, -0.2) is 106 Å². The van der Waals surface area contributed by atoms with Crippen molar-refractivity contribution in [3.05, 3.63) is 28.8 Å². The molecule has 2 aliphatic heterocycles. The molecule has 5 atom stereocenters. The molecule has 41 heavy (non-hydrogen) atoms. The molecule has 6 rings (SSSR count). The van der Waals surface area contributed by atoms with Gasteiger partial charge in [0, 0.05) is 24.8 Å². The van der Waals surface area contributed by atoms with Gasteiger partial charge in [-0.25, -0.2) is 0 Å². The lowest BCUT2D eigenvalue weighted by Crippen LogP contribution is -2.77. The van der Waals surface area contributed by atoms with Crippen LogP contribution in [0.1, 0.15) is 68.6 Å². The van der Waals surface area contributed by atoms with Crippen molar-refractivity contribution in [1.29, 1.82) is 0 Å². The van der Waals surface area contributed by atoms with Crippen LogP contribution in [0, 0.1) is 12.8 Å². The largest absolute Gasteiger partial charge is 0.486 e. The van der Waals surface area contributed by atoms with Crippen molar-refractivity contribution in [3.8, 4) is 5.75 Å². The van der Waals surface area contributed by atoms with Gasteiger partial charge in [0.15, 0.2) is 0 Å². The smallest absolute Gasteiger partial charge is 0.137 e. The Hall–Kier alpha value is -1.26. The fourth-order valence-electron chi connectivity index (χ4n) is 8.29. The molecule has 1 spiro atoms. The van der Waals surface area contributed by atoms with E-state index < -0.39 is 5.60 Å². The lowest BCUT2D eigenvalue weighted by atomic mass is 9.48. The highest BCUT2D eigenvalue weighted by Crippen LogP contribution is 2.65. The molecular weight excluding hydrogens is 522 g/mol. The van der Waals surface area contributed by atoms with E-state index in [2.05, 4.69) is 30.9 Å². The molecule has 0 aromatic heterocycles. The summed E-state index contributed by atoms with van der Waals surface area (Å²) in [5.41, 5.74) is 2.68. The maximum absolute atomic E-state index is 12.7. The second kappa shape index (κ2) is 13.2. The zero-order chi connectivity index (χ0) is 28.3. The first kappa shape index (κ1) is 29.8. The highest BCUT2D eigenvalue weighted by atomic mass is 16.6. The molecule has 1 aromatic carbocycles. The molecule has 1 N–H and O–H groups in total. The van der Waals surface area contributed by atoms with E-state index >= 15 is 0 Å². The molecule has 2 unspecified atom stereocenters. The summed E-state index contributed by atoms with van der Waals surface area (Å²) in [5.74, 6) is 1.81. The van der Waals surface area contributed by atoms with Crippen molar-refractivity contribution in [2.24, 2.45) is 5.92 Å². The second-order valence-corrected chi connectivity index (χ2v) is 12.8. The molecule has 3 aliphatic carbocycles. The lowest BCUT2D eigenvalue weighted by Gasteiger charge is -2.64. The van der Waals surface area contributed by atoms with Gasteiger partial charge < -0.3 is 33.5 Å². The molecule has 1 aromatic rings. The Labute approximate surface area is 245 Å². The zero-order valence-electron chi connectivity index (χ0n) is 25.2. The standard InChI is InChI=1S/C33H51NO7/c1-3-13-36-14-15-37-16-17-38-18-19-39-20-21-40-27-9-10-33(35)28-22-26-8-7-24(2)30-29(26)32(33,31(27)41-30)11-12-34(28)23-25-5-4-6-25/h7-8,25,27-28,31,35H,3-6,9-23H2,1-2H3/t27?,28-,31?,32+,33-/m1/s1. The van der Waals surface area contributed by atoms with E-state index in [1.165, 1.54) is 36.0 Å². The van der Waals surface area contributed by atoms with Gasteiger partial charge in [-0.2, -0.15) is 0 Å². The van der Waals surface area contributed by atoms with Gasteiger partial charge in [0.25, 0.3) is 0 Å². The normalized spacial score (nSPS) is 32.0. The molecule has 2 bridgehead atoms. The summed E-state index contributed by atoms with van der Waals surface area (Å²) >= 11 is 0. The monoisotopic (exact) mass is 573 g/mol. The Morgan fingerprint density at radius 2 is 1.59 bits per heavy atom. The number of hydrogen-bond acceptors (Lipinski definition) is 8. The van der Waals surface area contributed by atoms with E-state index in [-0.39, 0.29) is 23.7 Å². The highest BCUT2D eigenvalue weighted by molar-refractivity contribution is 5.60.